The van der Waals surface area contributed by atoms with E-state index in [0.717, 1.165) is 11.3 Å². The molecule has 0 saturated carbocycles. The number of hydrogen-bond donors (Lipinski definition) is 3. The Morgan fingerprint density at radius 2 is 1.85 bits per heavy atom. The zero-order chi connectivity index (χ0) is 27.1. The minimum absolute atomic E-state index is 0.0801. The molecule has 11 heteroatoms. The highest BCUT2D eigenvalue weighted by atomic mass is 19.1. The van der Waals surface area contributed by atoms with Crippen LogP contribution >= 0.6 is 0 Å². The predicted octanol–water partition coefficient (Wildman–Crippen LogP) is 5.53. The normalized spacial score (nSPS) is 11.8. The first-order chi connectivity index (χ1) is 18.8. The predicted molar refractivity (Wildman–Crippen MR) is 146 cm³/mol. The van der Waals surface area contributed by atoms with Crippen molar-refractivity contribution in [2.45, 2.75) is 27.2 Å². The number of nitrogens with zero attached hydrogens (tertiary/aromatic N) is 6. The van der Waals surface area contributed by atoms with Crippen LogP contribution in [0.4, 0.5) is 10.1 Å². The van der Waals surface area contributed by atoms with E-state index in [1.54, 1.807) is 24.7 Å². The fourth-order valence-electron chi connectivity index (χ4n) is 4.43. The Morgan fingerprint density at radius 3 is 2.64 bits per heavy atom. The summed E-state index contributed by atoms with van der Waals surface area (Å²) in [7, 11) is 0. The summed E-state index contributed by atoms with van der Waals surface area (Å²) in [5.74, 6) is -0.356. The number of carbonyl (C=O) groups is 1. The largest absolute Gasteiger partial charge is 0.335 e. The molecular weight excluding hydrogens is 497 g/mol. The molecule has 194 valence electrons. The van der Waals surface area contributed by atoms with Crippen molar-refractivity contribution in [3.8, 4) is 34.0 Å². The van der Waals surface area contributed by atoms with E-state index in [2.05, 4.69) is 40.4 Å². The van der Waals surface area contributed by atoms with Gasteiger partial charge in [0.2, 0.25) is 5.91 Å². The molecule has 6 aromatic rings. The van der Waals surface area contributed by atoms with Crippen LogP contribution in [0.15, 0.2) is 61.4 Å². The minimum Gasteiger partial charge on any atom is -0.335 e. The Morgan fingerprint density at radius 1 is 1.00 bits per heavy atom. The SMILES string of the molecule is CC(C)(C)CC(=O)Nc1cncc(-c2ncc3[nH]nc(-c4nc5c(-c6ccccn6)cncc5[nH]4)c3c2F)c1. The Kier molecular flexibility index (Phi) is 5.82. The summed E-state index contributed by atoms with van der Waals surface area (Å²) in [6.07, 6.45) is 9.92. The molecule has 3 N–H and O–H groups in total. The molecule has 10 nitrogen and oxygen atoms in total. The van der Waals surface area contributed by atoms with E-state index in [0.29, 0.717) is 45.7 Å². The maximum Gasteiger partial charge on any atom is 0.224 e. The smallest absolute Gasteiger partial charge is 0.224 e. The average molecular weight is 522 g/mol. The van der Waals surface area contributed by atoms with Crippen molar-refractivity contribution in [2.24, 2.45) is 5.41 Å². The van der Waals surface area contributed by atoms with Gasteiger partial charge >= 0.3 is 0 Å². The van der Waals surface area contributed by atoms with Gasteiger partial charge in [0.05, 0.1) is 46.4 Å². The highest BCUT2D eigenvalue weighted by molar-refractivity contribution is 5.97. The second kappa shape index (κ2) is 9.35. The van der Waals surface area contributed by atoms with Gasteiger partial charge in [0.15, 0.2) is 11.6 Å². The average Bonchev–Trinajstić information content (AvgIpc) is 3.53. The zero-order valence-electron chi connectivity index (χ0n) is 21.5. The summed E-state index contributed by atoms with van der Waals surface area (Å²) in [5, 5.41) is 10.3. The second-order valence-corrected chi connectivity index (χ2v) is 10.4. The standard InChI is InChI=1S/C28H24FN9O/c1-28(2,3)9-21(39)34-16-8-15(10-30-11-16)24-23(29)22-19(14-33-24)37-38-26(22)27-35-20-13-31-12-17(25(20)36-27)18-6-4-5-7-32-18/h4-8,10-14H,9H2,1-3H3,(H,34,39)(H,35,36)(H,37,38). The highest BCUT2D eigenvalue weighted by Gasteiger charge is 2.22. The van der Waals surface area contributed by atoms with Gasteiger partial charge in [-0.05, 0) is 23.6 Å². The molecule has 0 bridgehead atoms. The summed E-state index contributed by atoms with van der Waals surface area (Å²) in [5.41, 5.74) is 4.29. The van der Waals surface area contributed by atoms with Crippen LogP contribution in [0.25, 0.3) is 56.0 Å². The number of H-pyrrole nitrogens is 2. The van der Waals surface area contributed by atoms with Crippen molar-refractivity contribution in [1.82, 2.24) is 40.1 Å². The number of fused-ring (bicyclic) bond motifs is 2. The molecule has 0 spiro atoms. The molecule has 6 rings (SSSR count). The molecule has 0 aromatic carbocycles. The summed E-state index contributed by atoms with van der Waals surface area (Å²) in [6.45, 7) is 5.95. The first kappa shape index (κ1) is 24.3. The van der Waals surface area contributed by atoms with Crippen LogP contribution in [0, 0.1) is 11.2 Å². The quantitative estimate of drug-likeness (QED) is 0.271. The van der Waals surface area contributed by atoms with Crippen molar-refractivity contribution in [2.75, 3.05) is 5.32 Å². The Hall–Kier alpha value is -5.06. The van der Waals surface area contributed by atoms with Crippen molar-refractivity contribution in [1.29, 1.82) is 0 Å². The monoisotopic (exact) mass is 521 g/mol. The van der Waals surface area contributed by atoms with E-state index in [9.17, 15) is 4.79 Å². The van der Waals surface area contributed by atoms with E-state index >= 15 is 4.39 Å². The molecule has 0 radical (unpaired) electrons. The van der Waals surface area contributed by atoms with Gasteiger partial charge in [0.25, 0.3) is 0 Å². The van der Waals surface area contributed by atoms with Crippen LogP contribution < -0.4 is 5.32 Å². The molecule has 0 unspecified atom stereocenters. The molecule has 0 aliphatic rings. The van der Waals surface area contributed by atoms with Gasteiger partial charge in [-0.25, -0.2) is 9.37 Å². The number of amides is 1. The third-order valence-corrected chi connectivity index (χ3v) is 6.09. The molecule has 1 amide bonds. The molecule has 0 aliphatic carbocycles. The molecule has 0 fully saturated rings. The van der Waals surface area contributed by atoms with Gasteiger partial charge < -0.3 is 10.3 Å². The number of pyridine rings is 4. The van der Waals surface area contributed by atoms with Gasteiger partial charge in [0, 0.05) is 36.1 Å². The van der Waals surface area contributed by atoms with Crippen LogP contribution in [0.3, 0.4) is 0 Å². The Balaban J connectivity index is 1.40. The summed E-state index contributed by atoms with van der Waals surface area (Å²) in [6, 6.07) is 7.25. The number of aromatic nitrogens is 8. The van der Waals surface area contributed by atoms with Crippen LogP contribution in [-0.2, 0) is 4.79 Å². The fraction of sp³-hybridized carbons (Fsp3) is 0.179. The van der Waals surface area contributed by atoms with Crippen LogP contribution in [0.5, 0.6) is 0 Å². The number of halogens is 1. The summed E-state index contributed by atoms with van der Waals surface area (Å²) >= 11 is 0. The Bertz CT molecular complexity index is 1840. The van der Waals surface area contributed by atoms with Crippen molar-refractivity contribution in [3.05, 3.63) is 67.3 Å². The highest BCUT2D eigenvalue weighted by Crippen LogP contribution is 2.34. The molecule has 0 aliphatic heterocycles. The van der Waals surface area contributed by atoms with Crippen molar-refractivity contribution >= 4 is 33.5 Å². The third-order valence-electron chi connectivity index (χ3n) is 6.09. The fourth-order valence-corrected chi connectivity index (χ4v) is 4.43. The lowest BCUT2D eigenvalue weighted by Gasteiger charge is -2.17. The Labute approximate surface area is 222 Å². The van der Waals surface area contributed by atoms with E-state index in [1.807, 2.05) is 39.0 Å². The van der Waals surface area contributed by atoms with Gasteiger partial charge in [-0.15, -0.1) is 0 Å². The number of imidazole rings is 1. The van der Waals surface area contributed by atoms with Gasteiger partial charge in [-0.2, -0.15) is 5.10 Å². The third kappa shape index (κ3) is 4.70. The first-order valence-electron chi connectivity index (χ1n) is 12.3. The molecule has 0 atom stereocenters. The maximum absolute atomic E-state index is 16.0. The first-order valence-corrected chi connectivity index (χ1v) is 12.3. The van der Waals surface area contributed by atoms with Crippen LogP contribution in [-0.4, -0.2) is 46.0 Å². The molecule has 39 heavy (non-hydrogen) atoms. The van der Waals surface area contributed by atoms with E-state index < -0.39 is 5.82 Å². The molecule has 6 aromatic heterocycles. The lowest BCUT2D eigenvalue weighted by molar-refractivity contribution is -0.117. The number of hydrogen-bond acceptors (Lipinski definition) is 7. The molecule has 0 saturated heterocycles. The summed E-state index contributed by atoms with van der Waals surface area (Å²) in [4.78, 5) is 37.6. The lowest BCUT2D eigenvalue weighted by atomic mass is 9.92. The number of carbonyl (C=O) groups excluding carboxylic acids is 1. The maximum atomic E-state index is 16.0. The van der Waals surface area contributed by atoms with E-state index in [1.165, 1.54) is 18.6 Å². The number of rotatable bonds is 5. The topological polar surface area (TPSA) is 138 Å². The van der Waals surface area contributed by atoms with Crippen molar-refractivity contribution < 1.29 is 9.18 Å². The minimum atomic E-state index is -0.584. The second-order valence-electron chi connectivity index (χ2n) is 10.4. The van der Waals surface area contributed by atoms with Gasteiger partial charge in [-0.1, -0.05) is 26.8 Å². The molecular formula is C28H24FN9O. The number of nitrogens with one attached hydrogen (secondary N) is 3. The van der Waals surface area contributed by atoms with Crippen molar-refractivity contribution in [3.63, 3.8) is 0 Å². The van der Waals surface area contributed by atoms with Gasteiger partial charge in [-0.3, -0.25) is 29.8 Å². The van der Waals surface area contributed by atoms with Gasteiger partial charge in [0.1, 0.15) is 16.9 Å². The van der Waals surface area contributed by atoms with Crippen LogP contribution in [0.1, 0.15) is 27.2 Å². The molecule has 6 heterocycles. The lowest BCUT2D eigenvalue weighted by Crippen LogP contribution is -2.19. The zero-order valence-corrected chi connectivity index (χ0v) is 21.5. The van der Waals surface area contributed by atoms with E-state index in [-0.39, 0.29) is 22.4 Å². The summed E-state index contributed by atoms with van der Waals surface area (Å²) < 4.78 is 16.0. The van der Waals surface area contributed by atoms with Crippen LogP contribution in [0.2, 0.25) is 0 Å². The number of anilines is 1. The number of aromatic amines is 2. The van der Waals surface area contributed by atoms with E-state index in [4.69, 9.17) is 4.98 Å².